The highest BCUT2D eigenvalue weighted by Crippen LogP contribution is 2.04. The van der Waals surface area contributed by atoms with Crippen molar-refractivity contribution in [3.05, 3.63) is 0 Å². The van der Waals surface area contributed by atoms with Gasteiger partial charge in [-0.25, -0.2) is 0 Å². The Morgan fingerprint density at radius 3 is 1.94 bits per heavy atom. The van der Waals surface area contributed by atoms with Crippen LogP contribution < -0.4 is 0 Å². The van der Waals surface area contributed by atoms with E-state index in [1.54, 1.807) is 0 Å². The average molecular weight is 242 g/mol. The summed E-state index contributed by atoms with van der Waals surface area (Å²) < 4.78 is 0. The second-order valence-electron chi connectivity index (χ2n) is 4.74. The van der Waals surface area contributed by atoms with Crippen LogP contribution >= 0.6 is 0 Å². The van der Waals surface area contributed by atoms with Gasteiger partial charge in [0.2, 0.25) is 0 Å². The molecule has 0 aromatic carbocycles. The normalized spacial score (nSPS) is 17.8. The van der Waals surface area contributed by atoms with Crippen LogP contribution in [0.5, 0.6) is 0 Å². The fraction of sp³-hybridized carbons (Fsp3) is 0.929. The molecule has 1 saturated heterocycles. The predicted octanol–water partition coefficient (Wildman–Crippen LogP) is 2.27. The molecular weight excluding hydrogens is 212 g/mol. The predicted molar refractivity (Wildman–Crippen MR) is 74.4 cm³/mol. The number of nitrogens with zero attached hydrogens (tertiary/aromatic N) is 2. The van der Waals surface area contributed by atoms with Gasteiger partial charge in [-0.3, -0.25) is 9.69 Å². The zero-order valence-electron chi connectivity index (χ0n) is 12.3. The summed E-state index contributed by atoms with van der Waals surface area (Å²) in [6, 6.07) is 0. The summed E-state index contributed by atoms with van der Waals surface area (Å²) in [6.45, 7) is 16.4. The van der Waals surface area contributed by atoms with Crippen LogP contribution in [0.4, 0.5) is 0 Å². The third-order valence-electron chi connectivity index (χ3n) is 3.03. The van der Waals surface area contributed by atoms with Crippen molar-refractivity contribution in [3.63, 3.8) is 0 Å². The van der Waals surface area contributed by atoms with Crippen LogP contribution in [0.15, 0.2) is 0 Å². The first kappa shape index (κ1) is 16.6. The number of carbonyl (C=O) groups excluding carboxylic acids is 1. The van der Waals surface area contributed by atoms with Gasteiger partial charge < -0.3 is 4.90 Å². The van der Waals surface area contributed by atoms with Gasteiger partial charge in [-0.2, -0.15) is 0 Å². The Bertz CT molecular complexity index is 196. The molecule has 1 fully saturated rings. The van der Waals surface area contributed by atoms with Gasteiger partial charge in [0.25, 0.3) is 0 Å². The fourth-order valence-corrected chi connectivity index (χ4v) is 1.89. The van der Waals surface area contributed by atoms with E-state index >= 15 is 0 Å². The molecule has 0 aromatic heterocycles. The number of ketones is 1. The lowest BCUT2D eigenvalue weighted by Gasteiger charge is -2.34. The van der Waals surface area contributed by atoms with E-state index in [0.717, 1.165) is 26.2 Å². The van der Waals surface area contributed by atoms with Gasteiger partial charge in [0.1, 0.15) is 5.78 Å². The quantitative estimate of drug-likeness (QED) is 0.739. The van der Waals surface area contributed by atoms with Crippen molar-refractivity contribution in [2.45, 2.75) is 41.0 Å². The minimum atomic E-state index is 0.179. The van der Waals surface area contributed by atoms with Crippen LogP contribution in [-0.4, -0.2) is 54.9 Å². The van der Waals surface area contributed by atoms with E-state index in [9.17, 15) is 4.79 Å². The largest absolute Gasteiger partial charge is 0.301 e. The molecule has 0 unspecified atom stereocenters. The Morgan fingerprint density at radius 1 is 1.06 bits per heavy atom. The van der Waals surface area contributed by atoms with Crippen molar-refractivity contribution in [2.75, 3.05) is 39.3 Å². The second-order valence-corrected chi connectivity index (χ2v) is 4.74. The highest BCUT2D eigenvalue weighted by Gasteiger charge is 2.19. The molecular formula is C14H30N2O. The zero-order chi connectivity index (χ0) is 13.3. The van der Waals surface area contributed by atoms with Crippen molar-refractivity contribution in [1.82, 2.24) is 9.80 Å². The third kappa shape index (κ3) is 6.79. The van der Waals surface area contributed by atoms with Crippen LogP contribution in [0.25, 0.3) is 0 Å². The summed E-state index contributed by atoms with van der Waals surface area (Å²) in [5.41, 5.74) is 0. The molecule has 0 bridgehead atoms. The molecule has 0 amide bonds. The lowest BCUT2D eigenvalue weighted by atomic mass is 10.1. The maximum Gasteiger partial charge on any atom is 0.149 e. The zero-order valence-corrected chi connectivity index (χ0v) is 12.3. The molecule has 0 spiro atoms. The SMILES string of the molecule is CC.CCCN1CCN(CC(=O)C(C)C)CC1. The average Bonchev–Trinajstić information content (AvgIpc) is 2.34. The van der Waals surface area contributed by atoms with Crippen LogP contribution in [0, 0.1) is 5.92 Å². The lowest BCUT2D eigenvalue weighted by molar-refractivity contribution is -0.123. The minimum absolute atomic E-state index is 0.179. The first-order chi connectivity index (χ1) is 8.13. The van der Waals surface area contributed by atoms with E-state index in [1.165, 1.54) is 13.0 Å². The van der Waals surface area contributed by atoms with E-state index in [1.807, 2.05) is 27.7 Å². The smallest absolute Gasteiger partial charge is 0.149 e. The first-order valence-corrected chi connectivity index (χ1v) is 7.11. The minimum Gasteiger partial charge on any atom is -0.301 e. The van der Waals surface area contributed by atoms with E-state index < -0.39 is 0 Å². The Labute approximate surface area is 107 Å². The van der Waals surface area contributed by atoms with Gasteiger partial charge >= 0.3 is 0 Å². The van der Waals surface area contributed by atoms with Gasteiger partial charge in [0.15, 0.2) is 0 Å². The number of Topliss-reactive ketones (excluding diaryl/α,β-unsaturated/α-hetero) is 1. The molecule has 3 nitrogen and oxygen atoms in total. The molecule has 1 aliphatic rings. The van der Waals surface area contributed by atoms with Gasteiger partial charge in [-0.05, 0) is 13.0 Å². The van der Waals surface area contributed by atoms with Crippen LogP contribution in [0.3, 0.4) is 0 Å². The summed E-state index contributed by atoms with van der Waals surface area (Å²) >= 11 is 0. The van der Waals surface area contributed by atoms with Crippen molar-refractivity contribution in [3.8, 4) is 0 Å². The molecule has 102 valence electrons. The molecule has 1 heterocycles. The Balaban J connectivity index is 0.00000121. The Hall–Kier alpha value is -0.410. The van der Waals surface area contributed by atoms with Gasteiger partial charge in [0, 0.05) is 32.1 Å². The van der Waals surface area contributed by atoms with Gasteiger partial charge in [-0.15, -0.1) is 0 Å². The third-order valence-corrected chi connectivity index (χ3v) is 3.03. The molecule has 0 N–H and O–H groups in total. The molecule has 3 heteroatoms. The molecule has 17 heavy (non-hydrogen) atoms. The van der Waals surface area contributed by atoms with E-state index in [-0.39, 0.29) is 5.92 Å². The summed E-state index contributed by atoms with van der Waals surface area (Å²) in [5.74, 6) is 0.553. The van der Waals surface area contributed by atoms with Crippen LogP contribution in [0.2, 0.25) is 0 Å². The van der Waals surface area contributed by atoms with Crippen molar-refractivity contribution >= 4 is 5.78 Å². The van der Waals surface area contributed by atoms with Gasteiger partial charge in [0.05, 0.1) is 6.54 Å². The Kier molecular flexibility index (Phi) is 9.37. The molecule has 0 radical (unpaired) electrons. The number of rotatable bonds is 5. The van der Waals surface area contributed by atoms with E-state index in [0.29, 0.717) is 12.3 Å². The van der Waals surface area contributed by atoms with Gasteiger partial charge in [-0.1, -0.05) is 34.6 Å². The van der Waals surface area contributed by atoms with Crippen molar-refractivity contribution in [1.29, 1.82) is 0 Å². The number of hydrogen-bond acceptors (Lipinski definition) is 3. The summed E-state index contributed by atoms with van der Waals surface area (Å²) in [5, 5.41) is 0. The van der Waals surface area contributed by atoms with E-state index in [2.05, 4.69) is 16.7 Å². The Morgan fingerprint density at radius 2 is 1.53 bits per heavy atom. The number of carbonyl (C=O) groups is 1. The van der Waals surface area contributed by atoms with Crippen molar-refractivity contribution in [2.24, 2.45) is 5.92 Å². The summed E-state index contributed by atoms with van der Waals surface area (Å²) in [6.07, 6.45) is 1.23. The monoisotopic (exact) mass is 242 g/mol. The lowest BCUT2D eigenvalue weighted by Crippen LogP contribution is -2.48. The van der Waals surface area contributed by atoms with Crippen LogP contribution in [0.1, 0.15) is 41.0 Å². The number of hydrogen-bond donors (Lipinski definition) is 0. The molecule has 0 aliphatic carbocycles. The van der Waals surface area contributed by atoms with Crippen LogP contribution in [-0.2, 0) is 4.79 Å². The topological polar surface area (TPSA) is 23.6 Å². The standard InChI is InChI=1S/C12H24N2O.C2H6/c1-4-5-13-6-8-14(9-7-13)10-12(15)11(2)3;1-2/h11H,4-10H2,1-3H3;1-2H3. The van der Waals surface area contributed by atoms with E-state index in [4.69, 9.17) is 0 Å². The maximum absolute atomic E-state index is 11.6. The summed E-state index contributed by atoms with van der Waals surface area (Å²) in [4.78, 5) is 16.3. The highest BCUT2D eigenvalue weighted by atomic mass is 16.1. The number of piperazine rings is 1. The van der Waals surface area contributed by atoms with Crippen molar-refractivity contribution < 1.29 is 4.79 Å². The second kappa shape index (κ2) is 9.60. The fourth-order valence-electron chi connectivity index (χ4n) is 1.89. The first-order valence-electron chi connectivity index (χ1n) is 7.11. The molecule has 0 saturated carbocycles. The molecule has 0 atom stereocenters. The molecule has 0 aromatic rings. The maximum atomic E-state index is 11.6. The molecule has 1 aliphatic heterocycles. The molecule has 1 rings (SSSR count). The highest BCUT2D eigenvalue weighted by molar-refractivity contribution is 5.82. The summed E-state index contributed by atoms with van der Waals surface area (Å²) in [7, 11) is 0.